The normalized spacial score (nSPS) is 11.0. The average Bonchev–Trinajstić information content (AvgIpc) is 3.40. The highest BCUT2D eigenvalue weighted by molar-refractivity contribution is 5.91. The maximum atomic E-state index is 11.9. The lowest BCUT2D eigenvalue weighted by molar-refractivity contribution is 0.0918. The minimum atomic E-state index is -0.359. The zero-order valence-corrected chi connectivity index (χ0v) is 14.1. The van der Waals surface area contributed by atoms with E-state index in [0.29, 0.717) is 17.2 Å². The third-order valence-corrected chi connectivity index (χ3v) is 3.96. The van der Waals surface area contributed by atoms with Gasteiger partial charge < -0.3 is 23.4 Å². The van der Waals surface area contributed by atoms with Crippen molar-refractivity contribution in [3.63, 3.8) is 0 Å². The summed E-state index contributed by atoms with van der Waals surface area (Å²) in [6, 6.07) is 8.75. The summed E-state index contributed by atoms with van der Waals surface area (Å²) < 4.78 is 21.3. The number of aromatic nitrogens is 2. The second-order valence-corrected chi connectivity index (χ2v) is 5.59. The van der Waals surface area contributed by atoms with Crippen molar-refractivity contribution in [3.05, 3.63) is 53.8 Å². The fourth-order valence-corrected chi connectivity index (χ4v) is 2.61. The molecule has 0 spiro atoms. The summed E-state index contributed by atoms with van der Waals surface area (Å²) in [4.78, 5) is 16.1. The van der Waals surface area contributed by atoms with E-state index in [-0.39, 0.29) is 24.1 Å². The minimum absolute atomic E-state index is 0.0830. The number of methoxy groups -OCH3 is 1. The number of nitrogens with zero attached hydrogens (tertiary/aromatic N) is 2. The van der Waals surface area contributed by atoms with Crippen molar-refractivity contribution >= 4 is 16.9 Å². The summed E-state index contributed by atoms with van der Waals surface area (Å²) in [5.41, 5.74) is 1.58. The number of fused-ring (bicyclic) bond motifs is 1. The van der Waals surface area contributed by atoms with E-state index in [0.717, 1.165) is 16.7 Å². The molecule has 1 N–H and O–H groups in total. The molecule has 132 valence electrons. The number of nitrogens with one attached hydrogen (secondary N) is 1. The number of benzene rings is 1. The van der Waals surface area contributed by atoms with Crippen molar-refractivity contribution in [1.82, 2.24) is 15.5 Å². The van der Waals surface area contributed by atoms with Crippen molar-refractivity contribution in [3.8, 4) is 17.3 Å². The Morgan fingerprint density at radius 1 is 1.31 bits per heavy atom. The molecule has 0 atom stereocenters. The summed E-state index contributed by atoms with van der Waals surface area (Å²) in [6.07, 6.45) is 1.43. The SMILES string of the molecule is COc1ccc2oc(-c3noc(CNC(=O)c4ccco4)n3)c(C)c2c1. The standard InChI is InChI=1S/C18H15N3O5/c1-10-12-8-11(23-2)5-6-13(12)25-16(10)17-20-15(26-21-17)9-19-18(22)14-4-3-7-24-14/h3-8H,9H2,1-2H3,(H,19,22). The molecule has 0 unspecified atom stereocenters. The Balaban J connectivity index is 1.55. The van der Waals surface area contributed by atoms with E-state index >= 15 is 0 Å². The molecule has 1 aromatic carbocycles. The number of hydrogen-bond donors (Lipinski definition) is 1. The van der Waals surface area contributed by atoms with E-state index < -0.39 is 0 Å². The van der Waals surface area contributed by atoms with Gasteiger partial charge in [0.1, 0.15) is 11.3 Å². The average molecular weight is 353 g/mol. The number of furan rings is 2. The molecule has 8 nitrogen and oxygen atoms in total. The van der Waals surface area contributed by atoms with E-state index in [1.54, 1.807) is 19.2 Å². The molecule has 26 heavy (non-hydrogen) atoms. The number of rotatable bonds is 5. The van der Waals surface area contributed by atoms with Crippen molar-refractivity contribution < 1.29 is 22.9 Å². The van der Waals surface area contributed by atoms with Gasteiger partial charge in [0.05, 0.1) is 19.9 Å². The van der Waals surface area contributed by atoms with Crippen LogP contribution in [0.15, 0.2) is 50.0 Å². The van der Waals surface area contributed by atoms with Gasteiger partial charge in [-0.25, -0.2) is 0 Å². The highest BCUT2D eigenvalue weighted by Crippen LogP contribution is 2.33. The first-order valence-electron chi connectivity index (χ1n) is 7.87. The van der Waals surface area contributed by atoms with Crippen LogP contribution in [0, 0.1) is 6.92 Å². The number of aryl methyl sites for hydroxylation is 1. The molecule has 3 heterocycles. The Kier molecular flexibility index (Phi) is 3.92. The third-order valence-electron chi connectivity index (χ3n) is 3.96. The van der Waals surface area contributed by atoms with Gasteiger partial charge in [-0.1, -0.05) is 5.16 Å². The van der Waals surface area contributed by atoms with Crippen molar-refractivity contribution in [1.29, 1.82) is 0 Å². The van der Waals surface area contributed by atoms with Crippen LogP contribution < -0.4 is 10.1 Å². The van der Waals surface area contributed by atoms with Crippen LogP contribution in [0.4, 0.5) is 0 Å². The fraction of sp³-hybridized carbons (Fsp3) is 0.167. The van der Waals surface area contributed by atoms with Crippen LogP contribution in [-0.4, -0.2) is 23.2 Å². The van der Waals surface area contributed by atoms with E-state index in [2.05, 4.69) is 15.5 Å². The molecule has 0 saturated carbocycles. The molecule has 4 aromatic rings. The van der Waals surface area contributed by atoms with Crippen molar-refractivity contribution in [2.75, 3.05) is 7.11 Å². The Labute approximate surface area is 147 Å². The van der Waals surface area contributed by atoms with Crippen LogP contribution in [0.25, 0.3) is 22.6 Å². The van der Waals surface area contributed by atoms with Crippen molar-refractivity contribution in [2.24, 2.45) is 0 Å². The predicted octanol–water partition coefficient (Wildman–Crippen LogP) is 3.32. The summed E-state index contributed by atoms with van der Waals surface area (Å²) in [5.74, 6) is 1.69. The van der Waals surface area contributed by atoms with Crippen LogP contribution in [0.5, 0.6) is 5.75 Å². The topological polar surface area (TPSA) is 104 Å². The minimum Gasteiger partial charge on any atom is -0.497 e. The lowest BCUT2D eigenvalue weighted by atomic mass is 10.1. The largest absolute Gasteiger partial charge is 0.497 e. The zero-order chi connectivity index (χ0) is 18.1. The molecule has 0 aliphatic carbocycles. The molecule has 0 radical (unpaired) electrons. The number of hydrogen-bond acceptors (Lipinski definition) is 7. The van der Waals surface area contributed by atoms with E-state index in [1.807, 2.05) is 25.1 Å². The van der Waals surface area contributed by atoms with Gasteiger partial charge in [0.2, 0.25) is 11.7 Å². The van der Waals surface area contributed by atoms with Crippen LogP contribution in [0.2, 0.25) is 0 Å². The lowest BCUT2D eigenvalue weighted by Crippen LogP contribution is -2.22. The van der Waals surface area contributed by atoms with Crippen LogP contribution >= 0.6 is 0 Å². The number of amides is 1. The van der Waals surface area contributed by atoms with Crippen LogP contribution in [-0.2, 0) is 6.54 Å². The van der Waals surface area contributed by atoms with E-state index in [9.17, 15) is 4.79 Å². The molecule has 3 aromatic heterocycles. The monoisotopic (exact) mass is 353 g/mol. The second kappa shape index (κ2) is 6.40. The van der Waals surface area contributed by atoms with Gasteiger partial charge in [-0.3, -0.25) is 4.79 Å². The number of carbonyl (C=O) groups excluding carboxylic acids is 1. The Morgan fingerprint density at radius 2 is 2.19 bits per heavy atom. The van der Waals surface area contributed by atoms with E-state index in [4.69, 9.17) is 18.1 Å². The van der Waals surface area contributed by atoms with Gasteiger partial charge in [-0.2, -0.15) is 4.98 Å². The fourth-order valence-electron chi connectivity index (χ4n) is 2.61. The highest BCUT2D eigenvalue weighted by Gasteiger charge is 2.19. The Morgan fingerprint density at radius 3 is 2.96 bits per heavy atom. The first kappa shape index (κ1) is 15.9. The molecule has 8 heteroatoms. The molecule has 0 fully saturated rings. The van der Waals surface area contributed by atoms with E-state index in [1.165, 1.54) is 6.26 Å². The van der Waals surface area contributed by atoms with Crippen LogP contribution in [0.3, 0.4) is 0 Å². The van der Waals surface area contributed by atoms with Gasteiger partial charge in [0.25, 0.3) is 5.91 Å². The molecular formula is C18H15N3O5. The summed E-state index contributed by atoms with van der Waals surface area (Å²) in [5, 5.41) is 7.50. The second-order valence-electron chi connectivity index (χ2n) is 5.59. The summed E-state index contributed by atoms with van der Waals surface area (Å²) in [7, 11) is 1.61. The maximum absolute atomic E-state index is 11.9. The van der Waals surface area contributed by atoms with Crippen molar-refractivity contribution in [2.45, 2.75) is 13.5 Å². The highest BCUT2D eigenvalue weighted by atomic mass is 16.5. The zero-order valence-electron chi connectivity index (χ0n) is 14.1. The van der Waals surface area contributed by atoms with Crippen LogP contribution in [0.1, 0.15) is 22.0 Å². The number of carbonyl (C=O) groups is 1. The molecule has 0 aliphatic rings. The lowest BCUT2D eigenvalue weighted by Gasteiger charge is -1.97. The smallest absolute Gasteiger partial charge is 0.287 e. The molecule has 0 bridgehead atoms. The molecule has 0 aliphatic heterocycles. The first-order valence-corrected chi connectivity index (χ1v) is 7.87. The van der Waals surface area contributed by atoms with Gasteiger partial charge in [-0.15, -0.1) is 0 Å². The van der Waals surface area contributed by atoms with Gasteiger partial charge in [0.15, 0.2) is 11.5 Å². The van der Waals surface area contributed by atoms with Gasteiger partial charge in [-0.05, 0) is 37.3 Å². The first-order chi connectivity index (χ1) is 12.7. The maximum Gasteiger partial charge on any atom is 0.287 e. The molecule has 4 rings (SSSR count). The number of ether oxygens (including phenoxy) is 1. The predicted molar refractivity (Wildman–Crippen MR) is 90.7 cm³/mol. The summed E-state index contributed by atoms with van der Waals surface area (Å²) in [6.45, 7) is 1.99. The third kappa shape index (κ3) is 2.81. The molecule has 1 amide bonds. The Bertz CT molecular complexity index is 1060. The summed E-state index contributed by atoms with van der Waals surface area (Å²) >= 11 is 0. The molecule has 0 saturated heterocycles. The van der Waals surface area contributed by atoms with Gasteiger partial charge in [0, 0.05) is 10.9 Å². The quantitative estimate of drug-likeness (QED) is 0.587. The van der Waals surface area contributed by atoms with Gasteiger partial charge >= 0.3 is 0 Å². The molecular weight excluding hydrogens is 338 g/mol. The Hall–Kier alpha value is -3.55.